The molecule has 0 radical (unpaired) electrons. The second kappa shape index (κ2) is 7.15. The van der Waals surface area contributed by atoms with Crippen LogP contribution in [0.15, 0.2) is 18.2 Å². The van der Waals surface area contributed by atoms with Crippen molar-refractivity contribution in [2.24, 2.45) is 0 Å². The first-order valence-corrected chi connectivity index (χ1v) is 7.60. The van der Waals surface area contributed by atoms with E-state index in [4.69, 9.17) is 10.5 Å². The molecule has 1 aliphatic heterocycles. The van der Waals surface area contributed by atoms with Crippen LogP contribution in [0, 0.1) is 6.92 Å². The summed E-state index contributed by atoms with van der Waals surface area (Å²) in [5.74, 6) is -0.157. The zero-order valence-electron chi connectivity index (χ0n) is 13.1. The van der Waals surface area contributed by atoms with Crippen LogP contribution >= 0.6 is 0 Å². The van der Waals surface area contributed by atoms with Crippen LogP contribution in [-0.2, 0) is 4.74 Å². The average Bonchev–Trinajstić information content (AvgIpc) is 2.50. The number of benzene rings is 1. The third kappa shape index (κ3) is 3.90. The zero-order valence-corrected chi connectivity index (χ0v) is 13.1. The van der Waals surface area contributed by atoms with Crippen molar-refractivity contribution in [3.63, 3.8) is 0 Å². The van der Waals surface area contributed by atoms with Gasteiger partial charge >= 0.3 is 6.09 Å². The summed E-state index contributed by atoms with van der Waals surface area (Å²) >= 11 is 0. The van der Waals surface area contributed by atoms with E-state index in [1.807, 2.05) is 13.0 Å². The minimum absolute atomic E-state index is 0.0538. The van der Waals surface area contributed by atoms with E-state index in [2.05, 4.69) is 5.32 Å². The normalized spacial score (nSPS) is 15.5. The Morgan fingerprint density at radius 2 is 2.05 bits per heavy atom. The number of hydrogen-bond acceptors (Lipinski definition) is 4. The maximum Gasteiger partial charge on any atom is 0.409 e. The maximum absolute atomic E-state index is 12.3. The topological polar surface area (TPSA) is 84.7 Å². The molecule has 3 N–H and O–H groups in total. The van der Waals surface area contributed by atoms with E-state index in [1.165, 1.54) is 0 Å². The van der Waals surface area contributed by atoms with Crippen LogP contribution in [0.4, 0.5) is 10.5 Å². The predicted molar refractivity (Wildman–Crippen MR) is 84.7 cm³/mol. The maximum atomic E-state index is 12.3. The van der Waals surface area contributed by atoms with Gasteiger partial charge in [-0.1, -0.05) is 11.6 Å². The number of nitrogen functional groups attached to an aromatic ring is 1. The second-order valence-electron chi connectivity index (χ2n) is 5.52. The van der Waals surface area contributed by atoms with Crippen LogP contribution in [0.1, 0.15) is 35.7 Å². The summed E-state index contributed by atoms with van der Waals surface area (Å²) in [6.45, 7) is 5.27. The third-order valence-corrected chi connectivity index (χ3v) is 3.81. The lowest BCUT2D eigenvalue weighted by molar-refractivity contribution is 0.0860. The molecule has 0 unspecified atom stereocenters. The number of rotatable bonds is 3. The van der Waals surface area contributed by atoms with Crippen molar-refractivity contribution in [3.05, 3.63) is 29.3 Å². The van der Waals surface area contributed by atoms with E-state index in [0.717, 1.165) is 18.4 Å². The highest BCUT2D eigenvalue weighted by Crippen LogP contribution is 2.16. The van der Waals surface area contributed by atoms with Crippen molar-refractivity contribution in [2.75, 3.05) is 25.4 Å². The van der Waals surface area contributed by atoms with Crippen LogP contribution in [-0.4, -0.2) is 42.6 Å². The molecule has 6 nitrogen and oxygen atoms in total. The van der Waals surface area contributed by atoms with Crippen molar-refractivity contribution in [3.8, 4) is 0 Å². The number of nitrogens with zero attached hydrogens (tertiary/aromatic N) is 1. The molecule has 0 spiro atoms. The molecule has 0 bridgehead atoms. The third-order valence-electron chi connectivity index (χ3n) is 3.81. The fourth-order valence-corrected chi connectivity index (χ4v) is 2.55. The van der Waals surface area contributed by atoms with Crippen LogP contribution < -0.4 is 11.1 Å². The summed E-state index contributed by atoms with van der Waals surface area (Å²) in [6.07, 6.45) is 1.15. The van der Waals surface area contributed by atoms with Crippen molar-refractivity contribution in [2.45, 2.75) is 32.7 Å². The van der Waals surface area contributed by atoms with Crippen molar-refractivity contribution in [1.82, 2.24) is 10.2 Å². The van der Waals surface area contributed by atoms with Gasteiger partial charge in [0.05, 0.1) is 12.2 Å². The minimum Gasteiger partial charge on any atom is -0.450 e. The number of aryl methyl sites for hydroxylation is 1. The molecule has 0 saturated carbocycles. The van der Waals surface area contributed by atoms with Gasteiger partial charge in [0.1, 0.15) is 0 Å². The summed E-state index contributed by atoms with van der Waals surface area (Å²) in [4.78, 5) is 25.6. The highest BCUT2D eigenvalue weighted by Gasteiger charge is 2.25. The Morgan fingerprint density at radius 1 is 1.36 bits per heavy atom. The van der Waals surface area contributed by atoms with E-state index in [9.17, 15) is 9.59 Å². The standard InChI is InChI=1S/C16H23N3O3/c1-3-22-16(21)19-8-6-12(7-9-19)18-15(20)13-10-11(2)4-5-14(13)17/h4-5,10,12H,3,6-9,17H2,1-2H3,(H,18,20). The predicted octanol–water partition coefficient (Wildman–Crippen LogP) is 1.93. The van der Waals surface area contributed by atoms with E-state index in [1.54, 1.807) is 24.0 Å². The molecule has 120 valence electrons. The number of nitrogens with two attached hydrogens (primary N) is 1. The Kier molecular flexibility index (Phi) is 5.25. The van der Waals surface area contributed by atoms with Crippen molar-refractivity contribution < 1.29 is 14.3 Å². The lowest BCUT2D eigenvalue weighted by Gasteiger charge is -2.31. The monoisotopic (exact) mass is 305 g/mol. The Hall–Kier alpha value is -2.24. The molecule has 1 aromatic carbocycles. The van der Waals surface area contributed by atoms with E-state index in [0.29, 0.717) is 30.9 Å². The molecular weight excluding hydrogens is 282 g/mol. The molecule has 2 rings (SSSR count). The molecule has 1 fully saturated rings. The highest BCUT2D eigenvalue weighted by atomic mass is 16.6. The Labute approximate surface area is 130 Å². The summed E-state index contributed by atoms with van der Waals surface area (Å²) in [5.41, 5.74) is 7.84. The van der Waals surface area contributed by atoms with Gasteiger partial charge in [0.15, 0.2) is 0 Å². The second-order valence-corrected chi connectivity index (χ2v) is 5.52. The first-order chi connectivity index (χ1) is 10.5. The van der Waals surface area contributed by atoms with E-state index in [-0.39, 0.29) is 18.0 Å². The minimum atomic E-state index is -0.282. The van der Waals surface area contributed by atoms with Gasteiger partial charge in [-0.2, -0.15) is 0 Å². The molecule has 1 saturated heterocycles. The van der Waals surface area contributed by atoms with Crippen LogP contribution in [0.3, 0.4) is 0 Å². The fraction of sp³-hybridized carbons (Fsp3) is 0.500. The lowest BCUT2D eigenvalue weighted by Crippen LogP contribution is -2.46. The number of carbonyl (C=O) groups excluding carboxylic acids is 2. The van der Waals surface area contributed by atoms with Gasteiger partial charge in [0.25, 0.3) is 5.91 Å². The van der Waals surface area contributed by atoms with Gasteiger partial charge in [-0.3, -0.25) is 4.79 Å². The van der Waals surface area contributed by atoms with Crippen molar-refractivity contribution >= 4 is 17.7 Å². The molecule has 2 amide bonds. The molecule has 1 heterocycles. The average molecular weight is 305 g/mol. The number of nitrogens with one attached hydrogen (secondary N) is 1. The smallest absolute Gasteiger partial charge is 0.409 e. The van der Waals surface area contributed by atoms with Gasteiger partial charge in [-0.25, -0.2) is 4.79 Å². The molecule has 1 aromatic rings. The first kappa shape index (κ1) is 16.1. The number of amides is 2. The van der Waals surface area contributed by atoms with E-state index >= 15 is 0 Å². The molecule has 1 aliphatic rings. The fourth-order valence-electron chi connectivity index (χ4n) is 2.55. The van der Waals surface area contributed by atoms with Gasteiger partial charge in [0, 0.05) is 24.8 Å². The summed E-state index contributed by atoms with van der Waals surface area (Å²) < 4.78 is 4.98. The Balaban J connectivity index is 1.89. The number of likely N-dealkylation sites (tertiary alicyclic amines) is 1. The first-order valence-electron chi connectivity index (χ1n) is 7.60. The number of ether oxygens (including phenoxy) is 1. The quantitative estimate of drug-likeness (QED) is 0.836. The number of hydrogen-bond donors (Lipinski definition) is 2. The number of carbonyl (C=O) groups is 2. The van der Waals surface area contributed by atoms with Gasteiger partial charge in [-0.05, 0) is 38.8 Å². The van der Waals surface area contributed by atoms with E-state index < -0.39 is 0 Å². The lowest BCUT2D eigenvalue weighted by atomic mass is 10.0. The molecule has 0 aliphatic carbocycles. The molecule has 6 heteroatoms. The molecule has 22 heavy (non-hydrogen) atoms. The SMILES string of the molecule is CCOC(=O)N1CCC(NC(=O)c2cc(C)ccc2N)CC1. The van der Waals surface area contributed by atoms with Crippen LogP contribution in [0.25, 0.3) is 0 Å². The van der Waals surface area contributed by atoms with Crippen LogP contribution in [0.5, 0.6) is 0 Å². The van der Waals surface area contributed by atoms with Crippen LogP contribution in [0.2, 0.25) is 0 Å². The summed E-state index contributed by atoms with van der Waals surface area (Å²) in [7, 11) is 0. The Bertz CT molecular complexity index is 552. The molecule has 0 aromatic heterocycles. The molecule has 0 atom stereocenters. The number of anilines is 1. The summed E-state index contributed by atoms with van der Waals surface area (Å²) in [6, 6.07) is 5.47. The Morgan fingerprint density at radius 3 is 2.68 bits per heavy atom. The van der Waals surface area contributed by atoms with Gasteiger partial charge in [0.2, 0.25) is 0 Å². The van der Waals surface area contributed by atoms with Gasteiger partial charge < -0.3 is 20.7 Å². The molecular formula is C16H23N3O3. The zero-order chi connectivity index (χ0) is 16.1. The largest absolute Gasteiger partial charge is 0.450 e. The summed E-state index contributed by atoms with van der Waals surface area (Å²) in [5, 5.41) is 3.00. The van der Waals surface area contributed by atoms with Gasteiger partial charge in [-0.15, -0.1) is 0 Å². The van der Waals surface area contributed by atoms with Crippen molar-refractivity contribution in [1.29, 1.82) is 0 Å². The number of piperidine rings is 1. The highest BCUT2D eigenvalue weighted by molar-refractivity contribution is 5.99.